The van der Waals surface area contributed by atoms with E-state index in [4.69, 9.17) is 9.97 Å². The van der Waals surface area contributed by atoms with E-state index in [0.29, 0.717) is 0 Å². The van der Waals surface area contributed by atoms with E-state index < -0.39 is 0 Å². The second-order valence-corrected chi connectivity index (χ2v) is 8.66. The number of nitrogens with zero attached hydrogens (tertiary/aromatic N) is 4. The van der Waals surface area contributed by atoms with Gasteiger partial charge in [-0.15, -0.1) is 0 Å². The van der Waals surface area contributed by atoms with Crippen molar-refractivity contribution in [2.24, 2.45) is 0 Å². The van der Waals surface area contributed by atoms with E-state index in [1.807, 2.05) is 97.1 Å². The number of benzene rings is 2. The number of pyridine rings is 4. The van der Waals surface area contributed by atoms with Crippen LogP contribution in [0.5, 0.6) is 0 Å². The maximum absolute atomic E-state index is 4.78. The van der Waals surface area contributed by atoms with Crippen molar-refractivity contribution < 1.29 is 0 Å². The molecule has 0 unspecified atom stereocenters. The number of aromatic nitrogens is 4. The molecule has 0 aliphatic rings. The topological polar surface area (TPSA) is 51.6 Å². The highest BCUT2D eigenvalue weighted by Crippen LogP contribution is 2.22. The summed E-state index contributed by atoms with van der Waals surface area (Å²) in [5.74, 6) is 6.36. The van der Waals surface area contributed by atoms with E-state index in [-0.39, 0.29) is 0 Å². The van der Waals surface area contributed by atoms with E-state index in [1.54, 1.807) is 12.4 Å². The third-order valence-corrected chi connectivity index (χ3v) is 6.04. The monoisotopic (exact) mass is 486 g/mol. The Labute approximate surface area is 221 Å². The van der Waals surface area contributed by atoms with Crippen LogP contribution < -0.4 is 0 Å². The van der Waals surface area contributed by atoms with Gasteiger partial charge in [0.05, 0.1) is 34.2 Å². The van der Waals surface area contributed by atoms with Crippen LogP contribution in [0.25, 0.3) is 45.3 Å². The van der Waals surface area contributed by atoms with Gasteiger partial charge in [0.1, 0.15) is 0 Å². The van der Waals surface area contributed by atoms with Crippen LogP contribution in [0.4, 0.5) is 0 Å². The van der Waals surface area contributed by atoms with Gasteiger partial charge in [-0.3, -0.25) is 9.97 Å². The first kappa shape index (κ1) is 23.0. The van der Waals surface area contributed by atoms with Crippen molar-refractivity contribution in [1.82, 2.24) is 19.9 Å². The van der Waals surface area contributed by atoms with Crippen molar-refractivity contribution in [3.05, 3.63) is 145 Å². The molecule has 0 aliphatic carbocycles. The van der Waals surface area contributed by atoms with Crippen LogP contribution in [-0.2, 0) is 0 Å². The fraction of sp³-hybridized carbons (Fsp3) is 0. The van der Waals surface area contributed by atoms with Crippen LogP contribution in [0.1, 0.15) is 11.1 Å². The Bertz CT molecular complexity index is 1600. The molecule has 4 nitrogen and oxygen atoms in total. The maximum Gasteiger partial charge on any atom is 0.0893 e. The number of hydrogen-bond acceptors (Lipinski definition) is 4. The minimum Gasteiger partial charge on any atom is -0.253 e. The lowest BCUT2D eigenvalue weighted by molar-refractivity contribution is 1.24. The molecule has 0 bridgehead atoms. The Hall–Kier alpha value is -5.40. The largest absolute Gasteiger partial charge is 0.253 e. The van der Waals surface area contributed by atoms with Crippen molar-refractivity contribution in [2.75, 3.05) is 0 Å². The average Bonchev–Trinajstić information content (AvgIpc) is 3.01. The molecule has 0 fully saturated rings. The van der Waals surface area contributed by atoms with Crippen molar-refractivity contribution in [3.63, 3.8) is 0 Å². The van der Waals surface area contributed by atoms with E-state index in [1.165, 1.54) is 0 Å². The Balaban J connectivity index is 1.17. The molecule has 0 atom stereocenters. The first-order valence-electron chi connectivity index (χ1n) is 12.3. The van der Waals surface area contributed by atoms with Gasteiger partial charge in [0.2, 0.25) is 0 Å². The third kappa shape index (κ3) is 5.23. The summed E-state index contributed by atoms with van der Waals surface area (Å²) in [6.07, 6.45) is 3.56. The number of rotatable bonds is 4. The third-order valence-electron chi connectivity index (χ3n) is 6.04. The minimum absolute atomic E-state index is 0.810. The molecule has 2 aromatic carbocycles. The van der Waals surface area contributed by atoms with E-state index >= 15 is 0 Å². The quantitative estimate of drug-likeness (QED) is 0.245. The van der Waals surface area contributed by atoms with Crippen molar-refractivity contribution in [2.45, 2.75) is 0 Å². The van der Waals surface area contributed by atoms with Crippen molar-refractivity contribution in [1.29, 1.82) is 0 Å². The first-order valence-corrected chi connectivity index (χ1v) is 12.3. The average molecular weight is 487 g/mol. The van der Waals surface area contributed by atoms with Gasteiger partial charge in [-0.1, -0.05) is 84.6 Å². The predicted octanol–water partition coefficient (Wildman–Crippen LogP) is 7.33. The lowest BCUT2D eigenvalue weighted by Gasteiger charge is -2.05. The van der Waals surface area contributed by atoms with E-state index in [0.717, 1.165) is 56.4 Å². The summed E-state index contributed by atoms with van der Waals surface area (Å²) in [7, 11) is 0. The summed E-state index contributed by atoms with van der Waals surface area (Å²) in [5, 5.41) is 0. The molecule has 38 heavy (non-hydrogen) atoms. The summed E-state index contributed by atoms with van der Waals surface area (Å²) in [4.78, 5) is 18.7. The second-order valence-electron chi connectivity index (χ2n) is 8.66. The lowest BCUT2D eigenvalue weighted by atomic mass is 10.1. The summed E-state index contributed by atoms with van der Waals surface area (Å²) in [6.45, 7) is 0. The number of hydrogen-bond donors (Lipinski definition) is 0. The van der Waals surface area contributed by atoms with Crippen LogP contribution in [0, 0.1) is 11.8 Å². The molecule has 0 spiro atoms. The zero-order valence-electron chi connectivity index (χ0n) is 20.5. The minimum atomic E-state index is 0.810. The molecule has 0 saturated heterocycles. The summed E-state index contributed by atoms with van der Waals surface area (Å²) < 4.78 is 0. The maximum atomic E-state index is 4.78. The summed E-state index contributed by atoms with van der Waals surface area (Å²) >= 11 is 0. The van der Waals surface area contributed by atoms with Gasteiger partial charge in [0.15, 0.2) is 0 Å². The zero-order chi connectivity index (χ0) is 25.6. The molecule has 178 valence electrons. The normalized spacial score (nSPS) is 10.4. The molecule has 4 aromatic heterocycles. The molecule has 6 aromatic rings. The molecule has 4 heteroatoms. The van der Waals surface area contributed by atoms with Crippen molar-refractivity contribution in [3.8, 4) is 57.1 Å². The highest BCUT2D eigenvalue weighted by Gasteiger charge is 2.06. The molecule has 0 saturated carbocycles. The van der Waals surface area contributed by atoms with Crippen LogP contribution in [-0.4, -0.2) is 19.9 Å². The molecule has 0 N–H and O–H groups in total. The fourth-order valence-corrected chi connectivity index (χ4v) is 4.08. The highest BCUT2D eigenvalue weighted by atomic mass is 14.8. The van der Waals surface area contributed by atoms with Gasteiger partial charge in [-0.05, 0) is 48.5 Å². The lowest BCUT2D eigenvalue weighted by Crippen LogP contribution is -1.91. The smallest absolute Gasteiger partial charge is 0.0893 e. The van der Waals surface area contributed by atoms with Crippen LogP contribution in [0.15, 0.2) is 134 Å². The van der Waals surface area contributed by atoms with Crippen LogP contribution in [0.2, 0.25) is 0 Å². The molecule has 0 amide bonds. The van der Waals surface area contributed by atoms with Gasteiger partial charge >= 0.3 is 0 Å². The predicted molar refractivity (Wildman–Crippen MR) is 152 cm³/mol. The molecule has 0 radical (unpaired) electrons. The molecule has 4 heterocycles. The van der Waals surface area contributed by atoms with Crippen LogP contribution >= 0.6 is 0 Å². The molecule has 6 rings (SSSR count). The Morgan fingerprint density at radius 3 is 1.16 bits per heavy atom. The Morgan fingerprint density at radius 2 is 0.763 bits per heavy atom. The second kappa shape index (κ2) is 10.7. The van der Waals surface area contributed by atoms with Gasteiger partial charge < -0.3 is 0 Å². The first-order chi connectivity index (χ1) is 18.8. The Kier molecular flexibility index (Phi) is 6.48. The fourth-order valence-electron chi connectivity index (χ4n) is 4.08. The standard InChI is InChI=1S/C34H22N4/c1-3-9-27(10-4-1)29-13-7-15-33(37-29)31-21-19-25(23-35-31)17-18-26-20-22-32(36-24-26)34-16-8-14-30(38-34)28-11-5-2-6-12-28/h1-16,19-24H. The SMILES string of the molecule is C(#Cc1ccc(-c2cccc(-c3ccccc3)n2)nc1)c1ccc(-c2cccc(-c3ccccc3)n2)nc1. The summed E-state index contributed by atoms with van der Waals surface area (Å²) in [5.41, 5.74) is 8.94. The van der Waals surface area contributed by atoms with E-state index in [2.05, 4.69) is 46.1 Å². The highest BCUT2D eigenvalue weighted by molar-refractivity contribution is 5.65. The summed E-state index contributed by atoms with van der Waals surface area (Å²) in [6, 6.07) is 40.1. The zero-order valence-corrected chi connectivity index (χ0v) is 20.5. The van der Waals surface area contributed by atoms with Crippen LogP contribution in [0.3, 0.4) is 0 Å². The molecular weight excluding hydrogens is 464 g/mol. The van der Waals surface area contributed by atoms with Gasteiger partial charge in [-0.25, -0.2) is 9.97 Å². The van der Waals surface area contributed by atoms with E-state index in [9.17, 15) is 0 Å². The Morgan fingerprint density at radius 1 is 0.342 bits per heavy atom. The van der Waals surface area contributed by atoms with Crippen molar-refractivity contribution >= 4 is 0 Å². The van der Waals surface area contributed by atoms with Gasteiger partial charge in [0, 0.05) is 34.6 Å². The van der Waals surface area contributed by atoms with Gasteiger partial charge in [-0.2, -0.15) is 0 Å². The molecule has 0 aliphatic heterocycles. The van der Waals surface area contributed by atoms with Gasteiger partial charge in [0.25, 0.3) is 0 Å². The molecular formula is C34H22N4.